The van der Waals surface area contributed by atoms with Crippen molar-refractivity contribution in [2.45, 2.75) is 38.9 Å². The number of amides is 2. The molecule has 1 aromatic rings. The molecule has 2 N–H and O–H groups in total. The number of nitrogens with one attached hydrogen (secondary N) is 2. The van der Waals surface area contributed by atoms with Crippen LogP contribution in [-0.4, -0.2) is 27.4 Å². The highest BCUT2D eigenvalue weighted by Gasteiger charge is 2.26. The average Bonchev–Trinajstić information content (AvgIpc) is 2.75. The molecule has 1 saturated heterocycles. The van der Waals surface area contributed by atoms with E-state index >= 15 is 0 Å². The van der Waals surface area contributed by atoms with Gasteiger partial charge in [-0.15, -0.1) is 0 Å². The second-order valence-corrected chi connectivity index (χ2v) is 4.01. The standard InChI is InChI=1S/C11H16N4O2/c1-2-15-6-5-12-9(15)7-13-8-3-4-10(16)14-11(8)17/h5-6,8,13H,2-4,7H2,1H3,(H,14,16,17). The van der Waals surface area contributed by atoms with Gasteiger partial charge in [-0.25, -0.2) is 4.98 Å². The van der Waals surface area contributed by atoms with Gasteiger partial charge in [0.2, 0.25) is 11.8 Å². The van der Waals surface area contributed by atoms with E-state index in [9.17, 15) is 9.59 Å². The summed E-state index contributed by atoms with van der Waals surface area (Å²) in [6.07, 6.45) is 4.59. The minimum absolute atomic E-state index is 0.192. The predicted molar refractivity (Wildman–Crippen MR) is 60.9 cm³/mol. The smallest absolute Gasteiger partial charge is 0.243 e. The van der Waals surface area contributed by atoms with E-state index in [0.29, 0.717) is 19.4 Å². The Morgan fingerprint density at radius 3 is 3.12 bits per heavy atom. The Morgan fingerprint density at radius 1 is 1.59 bits per heavy atom. The van der Waals surface area contributed by atoms with Gasteiger partial charge in [-0.3, -0.25) is 20.2 Å². The minimum atomic E-state index is -0.297. The number of piperidine rings is 1. The predicted octanol–water partition coefficient (Wildman–Crippen LogP) is -0.202. The number of aromatic nitrogens is 2. The summed E-state index contributed by atoms with van der Waals surface area (Å²) in [7, 11) is 0. The third-order valence-electron chi connectivity index (χ3n) is 2.89. The Morgan fingerprint density at radius 2 is 2.41 bits per heavy atom. The van der Waals surface area contributed by atoms with Crippen molar-refractivity contribution in [3.05, 3.63) is 18.2 Å². The third kappa shape index (κ3) is 2.71. The van der Waals surface area contributed by atoms with Gasteiger partial charge < -0.3 is 4.57 Å². The van der Waals surface area contributed by atoms with Gasteiger partial charge in [0.25, 0.3) is 0 Å². The van der Waals surface area contributed by atoms with Crippen LogP contribution in [0.2, 0.25) is 0 Å². The van der Waals surface area contributed by atoms with Gasteiger partial charge in [0.05, 0.1) is 12.6 Å². The average molecular weight is 236 g/mol. The highest BCUT2D eigenvalue weighted by atomic mass is 16.2. The summed E-state index contributed by atoms with van der Waals surface area (Å²) in [6.45, 7) is 3.43. The molecular weight excluding hydrogens is 220 g/mol. The molecule has 2 amide bonds. The van der Waals surface area contributed by atoms with E-state index in [-0.39, 0.29) is 17.9 Å². The van der Waals surface area contributed by atoms with Crippen LogP contribution in [0.25, 0.3) is 0 Å². The molecule has 6 heteroatoms. The lowest BCUT2D eigenvalue weighted by atomic mass is 10.1. The van der Waals surface area contributed by atoms with Crippen LogP contribution >= 0.6 is 0 Å². The molecule has 92 valence electrons. The van der Waals surface area contributed by atoms with Crippen LogP contribution in [0.15, 0.2) is 12.4 Å². The van der Waals surface area contributed by atoms with E-state index in [0.717, 1.165) is 12.4 Å². The van der Waals surface area contributed by atoms with Crippen molar-refractivity contribution in [1.82, 2.24) is 20.2 Å². The third-order valence-corrected chi connectivity index (χ3v) is 2.89. The molecule has 2 rings (SSSR count). The molecule has 0 radical (unpaired) electrons. The fourth-order valence-corrected chi connectivity index (χ4v) is 1.90. The first-order chi connectivity index (χ1) is 8.20. The number of imidazole rings is 1. The zero-order chi connectivity index (χ0) is 12.3. The van der Waals surface area contributed by atoms with Crippen LogP contribution in [0.4, 0.5) is 0 Å². The Labute approximate surface area is 99.4 Å². The number of carbonyl (C=O) groups is 2. The summed E-state index contributed by atoms with van der Waals surface area (Å²) in [4.78, 5) is 26.7. The normalized spacial score (nSPS) is 20.4. The molecule has 1 unspecified atom stereocenters. The summed E-state index contributed by atoms with van der Waals surface area (Å²) >= 11 is 0. The maximum atomic E-state index is 11.5. The van der Waals surface area contributed by atoms with Gasteiger partial charge in [-0.05, 0) is 13.3 Å². The van der Waals surface area contributed by atoms with Crippen LogP contribution in [0, 0.1) is 0 Å². The monoisotopic (exact) mass is 236 g/mol. The van der Waals surface area contributed by atoms with Gasteiger partial charge in [-0.1, -0.05) is 0 Å². The van der Waals surface area contributed by atoms with Crippen molar-refractivity contribution < 1.29 is 9.59 Å². The SMILES string of the molecule is CCn1ccnc1CNC1CCC(=O)NC1=O. The van der Waals surface area contributed by atoms with Crippen molar-refractivity contribution in [2.75, 3.05) is 0 Å². The van der Waals surface area contributed by atoms with E-state index in [1.165, 1.54) is 0 Å². The molecule has 1 aliphatic heterocycles. The lowest BCUT2D eigenvalue weighted by Crippen LogP contribution is -2.50. The molecule has 1 aromatic heterocycles. The lowest BCUT2D eigenvalue weighted by molar-refractivity contribution is -0.134. The molecule has 17 heavy (non-hydrogen) atoms. The van der Waals surface area contributed by atoms with Crippen LogP contribution in [0.1, 0.15) is 25.6 Å². The van der Waals surface area contributed by atoms with Crippen LogP contribution in [0.5, 0.6) is 0 Å². The van der Waals surface area contributed by atoms with Crippen molar-refractivity contribution in [3.63, 3.8) is 0 Å². The van der Waals surface area contributed by atoms with Gasteiger partial charge in [0.15, 0.2) is 0 Å². The van der Waals surface area contributed by atoms with Crippen molar-refractivity contribution in [3.8, 4) is 0 Å². The topological polar surface area (TPSA) is 76.0 Å². The highest BCUT2D eigenvalue weighted by molar-refractivity contribution is 6.00. The van der Waals surface area contributed by atoms with Crippen molar-refractivity contribution >= 4 is 11.8 Å². The van der Waals surface area contributed by atoms with E-state index in [4.69, 9.17) is 0 Å². The molecule has 0 spiro atoms. The number of hydrogen-bond donors (Lipinski definition) is 2. The van der Waals surface area contributed by atoms with Crippen molar-refractivity contribution in [2.24, 2.45) is 0 Å². The molecule has 1 atom stereocenters. The van der Waals surface area contributed by atoms with Crippen LogP contribution in [-0.2, 0) is 22.7 Å². The second kappa shape index (κ2) is 5.09. The Balaban J connectivity index is 1.90. The minimum Gasteiger partial charge on any atom is -0.334 e. The summed E-state index contributed by atoms with van der Waals surface area (Å²) in [5.41, 5.74) is 0. The first-order valence-electron chi connectivity index (χ1n) is 5.77. The zero-order valence-corrected chi connectivity index (χ0v) is 9.77. The summed E-state index contributed by atoms with van der Waals surface area (Å²) in [5.74, 6) is 0.469. The lowest BCUT2D eigenvalue weighted by Gasteiger charge is -2.21. The molecule has 1 aliphatic rings. The first kappa shape index (κ1) is 11.8. The molecule has 2 heterocycles. The summed E-state index contributed by atoms with van der Waals surface area (Å²) < 4.78 is 2.01. The fourth-order valence-electron chi connectivity index (χ4n) is 1.90. The highest BCUT2D eigenvalue weighted by Crippen LogP contribution is 2.05. The Kier molecular flexibility index (Phi) is 3.53. The Hall–Kier alpha value is -1.69. The van der Waals surface area contributed by atoms with E-state index < -0.39 is 0 Å². The van der Waals surface area contributed by atoms with Gasteiger partial charge in [0.1, 0.15) is 5.82 Å². The number of hydrogen-bond acceptors (Lipinski definition) is 4. The van der Waals surface area contributed by atoms with Crippen LogP contribution in [0.3, 0.4) is 0 Å². The maximum Gasteiger partial charge on any atom is 0.243 e. The number of nitrogens with zero attached hydrogens (tertiary/aromatic N) is 2. The van der Waals surface area contributed by atoms with E-state index in [1.54, 1.807) is 6.20 Å². The maximum absolute atomic E-state index is 11.5. The quantitative estimate of drug-likeness (QED) is 0.710. The molecule has 0 bridgehead atoms. The summed E-state index contributed by atoms with van der Waals surface area (Å²) in [6, 6.07) is -0.297. The largest absolute Gasteiger partial charge is 0.334 e. The molecule has 0 saturated carbocycles. The van der Waals surface area contributed by atoms with E-state index in [2.05, 4.69) is 15.6 Å². The van der Waals surface area contributed by atoms with Gasteiger partial charge in [-0.2, -0.15) is 0 Å². The molecular formula is C11H16N4O2. The molecule has 6 nitrogen and oxygen atoms in total. The molecule has 1 fully saturated rings. The number of imide groups is 1. The second-order valence-electron chi connectivity index (χ2n) is 4.01. The van der Waals surface area contributed by atoms with Crippen molar-refractivity contribution in [1.29, 1.82) is 0 Å². The first-order valence-corrected chi connectivity index (χ1v) is 5.77. The van der Waals surface area contributed by atoms with Gasteiger partial charge in [0, 0.05) is 25.4 Å². The molecule has 0 aromatic carbocycles. The Bertz CT molecular complexity index is 427. The van der Waals surface area contributed by atoms with Gasteiger partial charge >= 0.3 is 0 Å². The number of rotatable bonds is 4. The zero-order valence-electron chi connectivity index (χ0n) is 9.77. The van der Waals surface area contributed by atoms with Crippen LogP contribution < -0.4 is 10.6 Å². The van der Waals surface area contributed by atoms with E-state index in [1.807, 2.05) is 17.7 Å². The number of carbonyl (C=O) groups excluding carboxylic acids is 2. The number of aryl methyl sites for hydroxylation is 1. The fraction of sp³-hybridized carbons (Fsp3) is 0.545. The summed E-state index contributed by atoms with van der Waals surface area (Å²) in [5, 5.41) is 5.44. The molecule has 0 aliphatic carbocycles.